The van der Waals surface area contributed by atoms with Gasteiger partial charge in [0.1, 0.15) is 4.21 Å². The van der Waals surface area contributed by atoms with E-state index in [9.17, 15) is 8.42 Å². The molecule has 3 aromatic rings. The molecule has 1 N–H and O–H groups in total. The topological polar surface area (TPSA) is 98.0 Å². The van der Waals surface area contributed by atoms with E-state index in [4.69, 9.17) is 16.0 Å². The monoisotopic (exact) mass is 370 g/mol. The molecule has 0 aliphatic rings. The summed E-state index contributed by atoms with van der Waals surface area (Å²) in [6, 6.07) is 6.50. The third-order valence-electron chi connectivity index (χ3n) is 2.84. The summed E-state index contributed by atoms with van der Waals surface area (Å²) in [5.41, 5.74) is 0.757. The van der Waals surface area contributed by atoms with Crippen LogP contribution < -0.4 is 4.72 Å². The maximum Gasteiger partial charge on any atom is 0.250 e. The highest BCUT2D eigenvalue weighted by Gasteiger charge is 2.16. The second kappa shape index (κ2) is 6.75. The van der Waals surface area contributed by atoms with E-state index in [2.05, 4.69) is 19.9 Å². The molecule has 0 aromatic carbocycles. The molecule has 0 unspecified atom stereocenters. The number of thiophene rings is 1. The van der Waals surface area contributed by atoms with Crippen molar-refractivity contribution >= 4 is 33.0 Å². The summed E-state index contributed by atoms with van der Waals surface area (Å²) in [6.45, 7) is 0.149. The first-order valence-electron chi connectivity index (χ1n) is 6.52. The average molecular weight is 371 g/mol. The van der Waals surface area contributed by atoms with Gasteiger partial charge in [0.15, 0.2) is 0 Å². The number of rotatable bonds is 6. The van der Waals surface area contributed by atoms with Crippen molar-refractivity contribution < 1.29 is 12.8 Å². The van der Waals surface area contributed by atoms with Crippen LogP contribution in [0.2, 0.25) is 4.34 Å². The molecule has 0 atom stereocenters. The van der Waals surface area contributed by atoms with Crippen LogP contribution in [0.25, 0.3) is 11.5 Å². The molecular formula is C13H11ClN4O3S2. The number of pyridine rings is 1. The molecule has 0 saturated carbocycles. The van der Waals surface area contributed by atoms with Gasteiger partial charge in [0.25, 0.3) is 0 Å². The molecule has 0 bridgehead atoms. The SMILES string of the molecule is O=S(=O)(NCCc1nnc(-c2ccncc2)o1)c1ccc(Cl)s1. The van der Waals surface area contributed by atoms with Crippen LogP contribution >= 0.6 is 22.9 Å². The molecule has 120 valence electrons. The molecule has 23 heavy (non-hydrogen) atoms. The van der Waals surface area contributed by atoms with E-state index < -0.39 is 10.0 Å². The fraction of sp³-hybridized carbons (Fsp3) is 0.154. The first-order chi connectivity index (χ1) is 11.0. The summed E-state index contributed by atoms with van der Waals surface area (Å²) >= 11 is 6.75. The summed E-state index contributed by atoms with van der Waals surface area (Å²) < 4.78 is 32.6. The lowest BCUT2D eigenvalue weighted by Gasteiger charge is -2.02. The smallest absolute Gasteiger partial charge is 0.250 e. The number of sulfonamides is 1. The molecule has 0 aliphatic carbocycles. The van der Waals surface area contributed by atoms with Crippen LogP contribution in [0, 0.1) is 0 Å². The minimum atomic E-state index is -3.57. The third kappa shape index (κ3) is 3.94. The Balaban J connectivity index is 1.60. The van der Waals surface area contributed by atoms with Gasteiger partial charge in [-0.3, -0.25) is 4.98 Å². The Hall–Kier alpha value is -1.81. The van der Waals surface area contributed by atoms with E-state index in [0.29, 0.717) is 16.1 Å². The summed E-state index contributed by atoms with van der Waals surface area (Å²) in [7, 11) is -3.57. The van der Waals surface area contributed by atoms with Crippen LogP contribution in [-0.2, 0) is 16.4 Å². The van der Waals surface area contributed by atoms with Gasteiger partial charge in [0, 0.05) is 30.9 Å². The molecule has 0 saturated heterocycles. The van der Waals surface area contributed by atoms with Crippen LogP contribution in [0.3, 0.4) is 0 Å². The third-order valence-corrected chi connectivity index (χ3v) is 6.02. The molecule has 0 radical (unpaired) electrons. The van der Waals surface area contributed by atoms with E-state index in [1.165, 1.54) is 6.07 Å². The number of halogens is 1. The molecule has 3 rings (SSSR count). The number of nitrogens with zero attached hydrogens (tertiary/aromatic N) is 3. The minimum Gasteiger partial charge on any atom is -0.421 e. The van der Waals surface area contributed by atoms with E-state index in [1.54, 1.807) is 30.6 Å². The summed E-state index contributed by atoms with van der Waals surface area (Å²) in [6.07, 6.45) is 3.54. The molecule has 10 heteroatoms. The molecule has 0 aliphatic heterocycles. The van der Waals surface area contributed by atoms with E-state index >= 15 is 0 Å². The van der Waals surface area contributed by atoms with Gasteiger partial charge in [-0.05, 0) is 24.3 Å². The van der Waals surface area contributed by atoms with Crippen molar-refractivity contribution in [1.29, 1.82) is 0 Å². The summed E-state index contributed by atoms with van der Waals surface area (Å²) in [5, 5.41) is 7.82. The summed E-state index contributed by atoms with van der Waals surface area (Å²) in [4.78, 5) is 3.91. The summed E-state index contributed by atoms with van der Waals surface area (Å²) in [5.74, 6) is 0.721. The van der Waals surface area contributed by atoms with Gasteiger partial charge >= 0.3 is 0 Å². The van der Waals surface area contributed by atoms with Gasteiger partial charge in [0.2, 0.25) is 21.8 Å². The zero-order chi connectivity index (χ0) is 16.3. The van der Waals surface area contributed by atoms with E-state index in [1.807, 2.05) is 0 Å². The molecule has 0 amide bonds. The minimum absolute atomic E-state index is 0.149. The van der Waals surface area contributed by atoms with Gasteiger partial charge in [0.05, 0.1) is 4.34 Å². The predicted molar refractivity (Wildman–Crippen MR) is 85.8 cm³/mol. The van der Waals surface area contributed by atoms with Gasteiger partial charge in [-0.2, -0.15) is 0 Å². The largest absolute Gasteiger partial charge is 0.421 e. The number of nitrogens with one attached hydrogen (secondary N) is 1. The van der Waals surface area contributed by atoms with Crippen molar-refractivity contribution in [2.75, 3.05) is 6.54 Å². The Kier molecular flexibility index (Phi) is 4.71. The molecule has 0 fully saturated rings. The predicted octanol–water partition coefficient (Wildman–Crippen LogP) is 2.37. The number of hydrogen-bond donors (Lipinski definition) is 1. The van der Waals surface area contributed by atoms with Crippen molar-refractivity contribution in [1.82, 2.24) is 19.9 Å². The molecule has 3 heterocycles. The maximum atomic E-state index is 12.0. The molecule has 0 spiro atoms. The Morgan fingerprint density at radius 1 is 1.17 bits per heavy atom. The fourth-order valence-corrected chi connectivity index (χ4v) is 4.33. The quantitative estimate of drug-likeness (QED) is 0.715. The van der Waals surface area contributed by atoms with Crippen molar-refractivity contribution in [3.8, 4) is 11.5 Å². The lowest BCUT2D eigenvalue weighted by Crippen LogP contribution is -2.25. The zero-order valence-corrected chi connectivity index (χ0v) is 14.0. The Morgan fingerprint density at radius 2 is 1.96 bits per heavy atom. The van der Waals surface area contributed by atoms with Crippen molar-refractivity contribution in [3.05, 3.63) is 46.9 Å². The second-order valence-electron chi connectivity index (χ2n) is 4.44. The standard InChI is InChI=1S/C13H11ClN4O3S2/c14-10-1-2-12(22-10)23(19,20)16-8-5-11-17-18-13(21-11)9-3-6-15-7-4-9/h1-4,6-7,16H,5,8H2. The maximum absolute atomic E-state index is 12.0. The number of hydrogen-bond acceptors (Lipinski definition) is 7. The molecular weight excluding hydrogens is 360 g/mol. The highest BCUT2D eigenvalue weighted by Crippen LogP contribution is 2.25. The van der Waals surface area contributed by atoms with Gasteiger partial charge < -0.3 is 4.42 Å². The van der Waals surface area contributed by atoms with Crippen LogP contribution in [-0.4, -0.2) is 30.1 Å². The van der Waals surface area contributed by atoms with Crippen molar-refractivity contribution in [3.63, 3.8) is 0 Å². The number of aromatic nitrogens is 3. The van der Waals surface area contributed by atoms with Crippen molar-refractivity contribution in [2.24, 2.45) is 0 Å². The lowest BCUT2D eigenvalue weighted by molar-refractivity contribution is 0.502. The Bertz CT molecular complexity index is 893. The first kappa shape index (κ1) is 16.1. The molecule has 7 nitrogen and oxygen atoms in total. The van der Waals surface area contributed by atoms with E-state index in [-0.39, 0.29) is 17.2 Å². The van der Waals surface area contributed by atoms with Crippen LogP contribution in [0.1, 0.15) is 5.89 Å². The normalized spacial score (nSPS) is 11.7. The highest BCUT2D eigenvalue weighted by atomic mass is 35.5. The Labute approximate surface area is 141 Å². The van der Waals surface area contributed by atoms with Crippen LogP contribution in [0.5, 0.6) is 0 Å². The Morgan fingerprint density at radius 3 is 2.65 bits per heavy atom. The highest BCUT2D eigenvalue weighted by molar-refractivity contribution is 7.91. The van der Waals surface area contributed by atoms with Gasteiger partial charge in [-0.1, -0.05) is 11.6 Å². The molecule has 3 aromatic heterocycles. The van der Waals surface area contributed by atoms with Gasteiger partial charge in [-0.15, -0.1) is 21.5 Å². The lowest BCUT2D eigenvalue weighted by atomic mass is 10.3. The zero-order valence-electron chi connectivity index (χ0n) is 11.6. The fourth-order valence-electron chi connectivity index (χ4n) is 1.77. The van der Waals surface area contributed by atoms with Gasteiger partial charge in [-0.25, -0.2) is 13.1 Å². The second-order valence-corrected chi connectivity index (χ2v) is 8.15. The average Bonchev–Trinajstić information content (AvgIpc) is 3.17. The van der Waals surface area contributed by atoms with Crippen molar-refractivity contribution in [2.45, 2.75) is 10.6 Å². The van der Waals surface area contributed by atoms with E-state index in [0.717, 1.165) is 16.9 Å². The van der Waals surface area contributed by atoms with Crippen LogP contribution in [0.4, 0.5) is 0 Å². The first-order valence-corrected chi connectivity index (χ1v) is 9.20. The van der Waals surface area contributed by atoms with Crippen LogP contribution in [0.15, 0.2) is 45.3 Å².